The van der Waals surface area contributed by atoms with Gasteiger partial charge in [-0.25, -0.2) is 0 Å². The number of quaternary nitrogens is 1. The number of likely N-dealkylation sites (N-methyl/N-ethyl adjacent to an activating group) is 1. The highest BCUT2D eigenvalue weighted by Gasteiger charge is 2.22. The standard InChI is InChI=1S/C15H26N4O3/c1-6-7-18-9-13(11(2)17-18)15(22)16-12(8-14(20)21)10-19(3,4)5/h9,12H,6-8,10H2,1-5H3,(H-,16,20,21,22)/t12-/m1/s1. The van der Waals surface area contributed by atoms with Crippen molar-refractivity contribution in [3.8, 4) is 0 Å². The Morgan fingerprint density at radius 1 is 1.41 bits per heavy atom. The van der Waals surface area contributed by atoms with E-state index in [2.05, 4.69) is 10.4 Å². The summed E-state index contributed by atoms with van der Waals surface area (Å²) in [5, 5.41) is 18.0. The predicted molar refractivity (Wildman–Crippen MR) is 81.0 cm³/mol. The summed E-state index contributed by atoms with van der Waals surface area (Å²) in [5.74, 6) is -1.46. The number of nitrogens with one attached hydrogen (secondary N) is 1. The largest absolute Gasteiger partial charge is 0.550 e. The Bertz CT molecular complexity index is 531. The molecular weight excluding hydrogens is 284 g/mol. The van der Waals surface area contributed by atoms with Crippen molar-refractivity contribution in [1.82, 2.24) is 15.1 Å². The van der Waals surface area contributed by atoms with E-state index in [4.69, 9.17) is 0 Å². The van der Waals surface area contributed by atoms with Crippen LogP contribution in [0.5, 0.6) is 0 Å². The Morgan fingerprint density at radius 2 is 2.05 bits per heavy atom. The fourth-order valence-corrected chi connectivity index (χ4v) is 2.37. The summed E-state index contributed by atoms with van der Waals surface area (Å²) in [6.45, 7) is 5.06. The molecule has 1 atom stereocenters. The van der Waals surface area contributed by atoms with E-state index in [0.29, 0.717) is 22.3 Å². The molecule has 22 heavy (non-hydrogen) atoms. The zero-order chi connectivity index (χ0) is 16.9. The molecule has 0 aliphatic heterocycles. The van der Waals surface area contributed by atoms with E-state index in [9.17, 15) is 14.7 Å². The van der Waals surface area contributed by atoms with Crippen molar-refractivity contribution in [2.75, 3.05) is 27.7 Å². The molecule has 1 heterocycles. The number of hydrogen-bond acceptors (Lipinski definition) is 4. The number of nitrogens with zero attached hydrogens (tertiary/aromatic N) is 3. The fraction of sp³-hybridized carbons (Fsp3) is 0.667. The molecule has 0 aliphatic carbocycles. The van der Waals surface area contributed by atoms with Crippen molar-refractivity contribution < 1.29 is 19.2 Å². The van der Waals surface area contributed by atoms with Crippen molar-refractivity contribution in [1.29, 1.82) is 0 Å². The first-order valence-corrected chi connectivity index (χ1v) is 7.47. The van der Waals surface area contributed by atoms with Crippen LogP contribution in [0.25, 0.3) is 0 Å². The quantitative estimate of drug-likeness (QED) is 0.659. The number of carbonyl (C=O) groups excluding carboxylic acids is 2. The topological polar surface area (TPSA) is 87.0 Å². The Balaban J connectivity index is 2.83. The third-order valence-corrected chi connectivity index (χ3v) is 3.16. The van der Waals surface area contributed by atoms with E-state index in [1.165, 1.54) is 0 Å². The normalized spacial score (nSPS) is 13.0. The number of aromatic nitrogens is 2. The van der Waals surface area contributed by atoms with Crippen molar-refractivity contribution in [3.05, 3.63) is 17.5 Å². The van der Waals surface area contributed by atoms with Crippen molar-refractivity contribution in [2.45, 2.75) is 39.3 Å². The highest BCUT2D eigenvalue weighted by Crippen LogP contribution is 2.08. The Morgan fingerprint density at radius 3 is 2.55 bits per heavy atom. The molecule has 0 aliphatic rings. The molecule has 0 saturated carbocycles. The SMILES string of the molecule is CCCn1cc(C(=O)N[C@H](CC(=O)[O-])C[N+](C)(C)C)c(C)n1. The first-order valence-electron chi connectivity index (χ1n) is 7.47. The second kappa shape index (κ2) is 7.40. The molecule has 124 valence electrons. The second-order valence-electron chi connectivity index (χ2n) is 6.61. The summed E-state index contributed by atoms with van der Waals surface area (Å²) in [5.41, 5.74) is 1.13. The Hall–Kier alpha value is -1.89. The van der Waals surface area contributed by atoms with Gasteiger partial charge in [-0.05, 0) is 13.3 Å². The van der Waals surface area contributed by atoms with E-state index in [1.54, 1.807) is 17.8 Å². The number of hydrogen-bond donors (Lipinski definition) is 1. The number of carboxylic acid groups (broad SMARTS) is 1. The van der Waals surface area contributed by atoms with Crippen LogP contribution in [0.2, 0.25) is 0 Å². The number of carbonyl (C=O) groups is 2. The second-order valence-corrected chi connectivity index (χ2v) is 6.61. The monoisotopic (exact) mass is 310 g/mol. The number of amides is 1. The van der Waals surface area contributed by atoms with Crippen LogP contribution in [0, 0.1) is 6.92 Å². The van der Waals surface area contributed by atoms with Crippen molar-refractivity contribution >= 4 is 11.9 Å². The molecular formula is C15H26N4O3. The minimum absolute atomic E-state index is 0.205. The van der Waals surface area contributed by atoms with Crippen molar-refractivity contribution in [2.24, 2.45) is 0 Å². The van der Waals surface area contributed by atoms with E-state index in [1.807, 2.05) is 28.1 Å². The molecule has 1 rings (SSSR count). The van der Waals surface area contributed by atoms with E-state index in [0.717, 1.165) is 13.0 Å². The van der Waals surface area contributed by atoms with Gasteiger partial charge in [-0.3, -0.25) is 9.48 Å². The highest BCUT2D eigenvalue weighted by molar-refractivity contribution is 5.95. The lowest BCUT2D eigenvalue weighted by Gasteiger charge is -2.30. The lowest BCUT2D eigenvalue weighted by Crippen LogP contribution is -2.50. The van der Waals surface area contributed by atoms with Gasteiger partial charge in [0.25, 0.3) is 5.91 Å². The molecule has 0 unspecified atom stereocenters. The van der Waals surface area contributed by atoms with Gasteiger partial charge in [0.2, 0.25) is 0 Å². The van der Waals surface area contributed by atoms with Gasteiger partial charge in [-0.15, -0.1) is 0 Å². The molecule has 0 radical (unpaired) electrons. The van der Waals surface area contributed by atoms with Crippen LogP contribution in [0.3, 0.4) is 0 Å². The minimum atomic E-state index is -1.17. The first kappa shape index (κ1) is 18.2. The van der Waals surface area contributed by atoms with Gasteiger partial charge < -0.3 is 19.7 Å². The maximum absolute atomic E-state index is 12.4. The molecule has 0 saturated heterocycles. The lowest BCUT2D eigenvalue weighted by atomic mass is 10.1. The first-order chi connectivity index (χ1) is 10.1. The fourth-order valence-electron chi connectivity index (χ4n) is 2.37. The molecule has 7 heteroatoms. The van der Waals surface area contributed by atoms with Gasteiger partial charge in [-0.2, -0.15) is 5.10 Å². The average molecular weight is 310 g/mol. The zero-order valence-electron chi connectivity index (χ0n) is 14.0. The summed E-state index contributed by atoms with van der Waals surface area (Å²) in [7, 11) is 5.83. The summed E-state index contributed by atoms with van der Waals surface area (Å²) in [4.78, 5) is 23.3. The number of aliphatic carboxylic acids is 1. The van der Waals surface area contributed by atoms with Crippen LogP contribution in [-0.2, 0) is 11.3 Å². The predicted octanol–water partition coefficient (Wildman–Crippen LogP) is -0.454. The summed E-state index contributed by atoms with van der Waals surface area (Å²) >= 11 is 0. The summed E-state index contributed by atoms with van der Waals surface area (Å²) in [6, 6.07) is -0.480. The van der Waals surface area contributed by atoms with Crippen LogP contribution in [0.4, 0.5) is 0 Å². The zero-order valence-corrected chi connectivity index (χ0v) is 14.0. The van der Waals surface area contributed by atoms with Gasteiger partial charge in [0.05, 0.1) is 45.0 Å². The molecule has 1 amide bonds. The van der Waals surface area contributed by atoms with Gasteiger partial charge in [0, 0.05) is 25.1 Å². The van der Waals surface area contributed by atoms with Gasteiger partial charge in [0.15, 0.2) is 0 Å². The summed E-state index contributed by atoms with van der Waals surface area (Å²) < 4.78 is 2.28. The van der Waals surface area contributed by atoms with E-state index < -0.39 is 12.0 Å². The van der Waals surface area contributed by atoms with Crippen LogP contribution in [0.15, 0.2) is 6.20 Å². The Labute approximate surface area is 131 Å². The Kier molecular flexibility index (Phi) is 6.11. The van der Waals surface area contributed by atoms with Gasteiger partial charge in [-0.1, -0.05) is 6.92 Å². The third kappa shape index (κ3) is 5.85. The van der Waals surface area contributed by atoms with Gasteiger partial charge >= 0.3 is 0 Å². The van der Waals surface area contributed by atoms with Crippen molar-refractivity contribution in [3.63, 3.8) is 0 Å². The third-order valence-electron chi connectivity index (χ3n) is 3.16. The molecule has 1 aromatic rings. The molecule has 1 N–H and O–H groups in total. The van der Waals surface area contributed by atoms with E-state index >= 15 is 0 Å². The molecule has 1 aromatic heterocycles. The highest BCUT2D eigenvalue weighted by atomic mass is 16.4. The minimum Gasteiger partial charge on any atom is -0.550 e. The van der Waals surface area contributed by atoms with Crippen LogP contribution in [-0.4, -0.2) is 59.9 Å². The van der Waals surface area contributed by atoms with Crippen LogP contribution >= 0.6 is 0 Å². The number of carboxylic acids is 1. The molecule has 7 nitrogen and oxygen atoms in total. The number of aryl methyl sites for hydroxylation is 2. The lowest BCUT2D eigenvalue weighted by molar-refractivity contribution is -0.871. The molecule has 0 bridgehead atoms. The molecule has 0 fully saturated rings. The maximum Gasteiger partial charge on any atom is 0.255 e. The maximum atomic E-state index is 12.4. The summed E-state index contributed by atoms with van der Waals surface area (Å²) in [6.07, 6.45) is 2.43. The van der Waals surface area contributed by atoms with E-state index in [-0.39, 0.29) is 12.3 Å². The average Bonchev–Trinajstić information content (AvgIpc) is 2.67. The molecule has 0 spiro atoms. The van der Waals surface area contributed by atoms with Crippen LogP contribution in [0.1, 0.15) is 35.8 Å². The number of rotatable bonds is 8. The van der Waals surface area contributed by atoms with Crippen LogP contribution < -0.4 is 10.4 Å². The van der Waals surface area contributed by atoms with Gasteiger partial charge in [0.1, 0.15) is 0 Å². The smallest absolute Gasteiger partial charge is 0.255 e. The molecule has 0 aromatic carbocycles.